The van der Waals surface area contributed by atoms with Crippen LogP contribution in [-0.4, -0.2) is 62.2 Å². The van der Waals surface area contributed by atoms with E-state index >= 15 is 0 Å². The Bertz CT molecular complexity index is 137. The lowest BCUT2D eigenvalue weighted by atomic mass is 10.1. The van der Waals surface area contributed by atoms with Gasteiger partial charge in [0.15, 0.2) is 0 Å². The zero-order valence-corrected chi connectivity index (χ0v) is 9.38. The van der Waals surface area contributed by atoms with Gasteiger partial charge in [-0.15, -0.1) is 0 Å². The largest absolute Gasteiger partial charge is 0.318 e. The molecule has 0 amide bonds. The molecular weight excluding hydrogens is 162 g/mol. The van der Waals surface area contributed by atoms with Gasteiger partial charge in [-0.05, 0) is 27.9 Å². The third-order valence-corrected chi connectivity index (χ3v) is 3.11. The number of piperazine rings is 1. The highest BCUT2D eigenvalue weighted by molar-refractivity contribution is 4.82. The molecule has 0 saturated carbocycles. The molecule has 0 radical (unpaired) electrons. The van der Waals surface area contributed by atoms with Crippen LogP contribution in [0.2, 0.25) is 0 Å². The second-order valence-corrected chi connectivity index (χ2v) is 4.23. The lowest BCUT2D eigenvalue weighted by molar-refractivity contribution is 0.0611. The van der Waals surface area contributed by atoms with Crippen LogP contribution in [0, 0.1) is 0 Å². The molecule has 0 aromatic carbocycles. The topological polar surface area (TPSA) is 18.5 Å². The number of rotatable bonds is 3. The first kappa shape index (κ1) is 11.0. The summed E-state index contributed by atoms with van der Waals surface area (Å²) in [5, 5.41) is 3.20. The molecule has 3 nitrogen and oxygen atoms in total. The lowest BCUT2D eigenvalue weighted by Gasteiger charge is -2.42. The van der Waals surface area contributed by atoms with Crippen LogP contribution in [0.3, 0.4) is 0 Å². The molecule has 0 spiro atoms. The molecule has 1 rings (SSSR count). The van der Waals surface area contributed by atoms with Gasteiger partial charge >= 0.3 is 0 Å². The van der Waals surface area contributed by atoms with Crippen molar-refractivity contribution in [3.8, 4) is 0 Å². The van der Waals surface area contributed by atoms with Gasteiger partial charge in [0, 0.05) is 38.3 Å². The van der Waals surface area contributed by atoms with Crippen LogP contribution in [0.1, 0.15) is 13.8 Å². The van der Waals surface area contributed by atoms with E-state index in [1.165, 1.54) is 19.6 Å². The lowest BCUT2D eigenvalue weighted by Crippen LogP contribution is -2.55. The van der Waals surface area contributed by atoms with Gasteiger partial charge in [-0.25, -0.2) is 0 Å². The first-order valence-electron chi connectivity index (χ1n) is 5.24. The molecule has 1 aliphatic rings. The van der Waals surface area contributed by atoms with Gasteiger partial charge in [-0.3, -0.25) is 9.80 Å². The van der Waals surface area contributed by atoms with Gasteiger partial charge < -0.3 is 5.32 Å². The van der Waals surface area contributed by atoms with E-state index in [-0.39, 0.29) is 0 Å². The van der Waals surface area contributed by atoms with Gasteiger partial charge in [0.1, 0.15) is 0 Å². The average molecular weight is 185 g/mol. The zero-order chi connectivity index (χ0) is 9.84. The fourth-order valence-electron chi connectivity index (χ4n) is 1.97. The fraction of sp³-hybridized carbons (Fsp3) is 1.00. The molecule has 0 aliphatic carbocycles. The van der Waals surface area contributed by atoms with Crippen LogP contribution in [0.5, 0.6) is 0 Å². The summed E-state index contributed by atoms with van der Waals surface area (Å²) in [6.07, 6.45) is 0. The Morgan fingerprint density at radius 2 is 1.77 bits per heavy atom. The number of likely N-dealkylation sites (N-methyl/N-ethyl adjacent to an activating group) is 2. The number of hydrogen-bond acceptors (Lipinski definition) is 3. The van der Waals surface area contributed by atoms with Crippen LogP contribution in [0.4, 0.5) is 0 Å². The number of nitrogens with one attached hydrogen (secondary N) is 1. The first-order valence-corrected chi connectivity index (χ1v) is 5.24. The van der Waals surface area contributed by atoms with E-state index in [9.17, 15) is 0 Å². The van der Waals surface area contributed by atoms with Crippen molar-refractivity contribution in [2.75, 3.05) is 40.3 Å². The summed E-state index contributed by atoms with van der Waals surface area (Å²) in [4.78, 5) is 5.02. The molecule has 0 unspecified atom stereocenters. The van der Waals surface area contributed by atoms with E-state index in [1.54, 1.807) is 0 Å². The molecule has 1 fully saturated rings. The van der Waals surface area contributed by atoms with Crippen LogP contribution in [-0.2, 0) is 0 Å². The van der Waals surface area contributed by atoms with Crippen molar-refractivity contribution in [3.63, 3.8) is 0 Å². The van der Waals surface area contributed by atoms with Gasteiger partial charge in [0.25, 0.3) is 0 Å². The molecule has 0 aromatic heterocycles. The van der Waals surface area contributed by atoms with E-state index in [2.05, 4.69) is 36.0 Å². The first-order chi connectivity index (χ1) is 6.15. The highest BCUT2D eigenvalue weighted by Crippen LogP contribution is 2.12. The normalized spacial score (nSPS) is 32.3. The van der Waals surface area contributed by atoms with Gasteiger partial charge in [0.2, 0.25) is 0 Å². The minimum Gasteiger partial charge on any atom is -0.318 e. The van der Waals surface area contributed by atoms with Crippen molar-refractivity contribution >= 4 is 0 Å². The number of nitrogens with zero attached hydrogens (tertiary/aromatic N) is 2. The second kappa shape index (κ2) is 4.94. The zero-order valence-electron chi connectivity index (χ0n) is 9.38. The van der Waals surface area contributed by atoms with Crippen molar-refractivity contribution in [2.45, 2.75) is 25.9 Å². The van der Waals surface area contributed by atoms with E-state index in [1.807, 2.05) is 7.05 Å². The summed E-state index contributed by atoms with van der Waals surface area (Å²) in [5.41, 5.74) is 0. The van der Waals surface area contributed by atoms with Gasteiger partial charge in [-0.1, -0.05) is 0 Å². The van der Waals surface area contributed by atoms with Crippen molar-refractivity contribution in [3.05, 3.63) is 0 Å². The highest BCUT2D eigenvalue weighted by atomic mass is 15.3. The quantitative estimate of drug-likeness (QED) is 0.679. The van der Waals surface area contributed by atoms with Crippen molar-refractivity contribution < 1.29 is 0 Å². The van der Waals surface area contributed by atoms with E-state index in [0.29, 0.717) is 12.1 Å². The summed E-state index contributed by atoms with van der Waals surface area (Å²) in [7, 11) is 4.24. The SMILES string of the molecule is CNCCN1C[C@@H](C)N(C)[C@@H](C)C1. The molecule has 0 aromatic rings. The van der Waals surface area contributed by atoms with Gasteiger partial charge in [-0.2, -0.15) is 0 Å². The monoisotopic (exact) mass is 185 g/mol. The summed E-state index contributed by atoms with van der Waals surface area (Å²) >= 11 is 0. The molecule has 1 N–H and O–H groups in total. The van der Waals surface area contributed by atoms with Crippen LogP contribution in [0.15, 0.2) is 0 Å². The molecular formula is C10H23N3. The predicted molar refractivity (Wildman–Crippen MR) is 57.1 cm³/mol. The molecule has 3 heteroatoms. The molecule has 1 saturated heterocycles. The molecule has 2 atom stereocenters. The molecule has 13 heavy (non-hydrogen) atoms. The summed E-state index contributed by atoms with van der Waals surface area (Å²) in [6.45, 7) is 9.32. The standard InChI is InChI=1S/C10H23N3/c1-9-7-13(6-5-11-3)8-10(2)12(9)4/h9-11H,5-8H2,1-4H3/t9-,10+. The summed E-state index contributed by atoms with van der Waals surface area (Å²) in [6, 6.07) is 1.39. The Morgan fingerprint density at radius 3 is 2.23 bits per heavy atom. The minimum atomic E-state index is 0.695. The Labute approximate surface area is 82.1 Å². The van der Waals surface area contributed by atoms with E-state index < -0.39 is 0 Å². The fourth-order valence-corrected chi connectivity index (χ4v) is 1.97. The van der Waals surface area contributed by atoms with Crippen LogP contribution in [0.25, 0.3) is 0 Å². The maximum Gasteiger partial charge on any atom is 0.0195 e. The third kappa shape index (κ3) is 2.93. The minimum absolute atomic E-state index is 0.695. The predicted octanol–water partition coefficient (Wildman–Crippen LogP) is 0.230. The maximum absolute atomic E-state index is 3.20. The van der Waals surface area contributed by atoms with E-state index in [0.717, 1.165) is 6.54 Å². The third-order valence-electron chi connectivity index (χ3n) is 3.11. The molecule has 0 bridgehead atoms. The Hall–Kier alpha value is -0.120. The second-order valence-electron chi connectivity index (χ2n) is 4.23. The van der Waals surface area contributed by atoms with Crippen LogP contribution < -0.4 is 5.32 Å². The molecule has 1 heterocycles. The summed E-state index contributed by atoms with van der Waals surface area (Å²) < 4.78 is 0. The van der Waals surface area contributed by atoms with Crippen LogP contribution >= 0.6 is 0 Å². The number of hydrogen-bond donors (Lipinski definition) is 1. The van der Waals surface area contributed by atoms with Gasteiger partial charge in [0.05, 0.1) is 0 Å². The Morgan fingerprint density at radius 1 is 1.23 bits per heavy atom. The summed E-state index contributed by atoms with van der Waals surface area (Å²) in [5.74, 6) is 0. The van der Waals surface area contributed by atoms with Crippen molar-refractivity contribution in [1.82, 2.24) is 15.1 Å². The highest BCUT2D eigenvalue weighted by Gasteiger charge is 2.25. The average Bonchev–Trinajstić information content (AvgIpc) is 2.10. The Kier molecular flexibility index (Phi) is 4.16. The maximum atomic E-state index is 3.20. The smallest absolute Gasteiger partial charge is 0.0195 e. The molecule has 78 valence electrons. The van der Waals surface area contributed by atoms with Crippen molar-refractivity contribution in [1.29, 1.82) is 0 Å². The Balaban J connectivity index is 2.35. The van der Waals surface area contributed by atoms with E-state index in [4.69, 9.17) is 0 Å². The molecule has 1 aliphatic heterocycles. The van der Waals surface area contributed by atoms with Crippen molar-refractivity contribution in [2.24, 2.45) is 0 Å².